The lowest BCUT2D eigenvalue weighted by atomic mass is 9.95. The number of aromatic nitrogens is 2. The minimum Gasteiger partial charge on any atom is -0.493 e. The molecule has 4 aromatic carbocycles. The van der Waals surface area contributed by atoms with Crippen molar-refractivity contribution in [2.75, 3.05) is 14.2 Å². The summed E-state index contributed by atoms with van der Waals surface area (Å²) in [6.07, 6.45) is 1.90. The van der Waals surface area contributed by atoms with Gasteiger partial charge >= 0.3 is 0 Å². The first-order chi connectivity index (χ1) is 14.8. The molecule has 5 aromatic rings. The molecule has 1 heterocycles. The minimum atomic E-state index is 0.684. The zero-order valence-corrected chi connectivity index (χ0v) is 16.8. The fourth-order valence-electron chi connectivity index (χ4n) is 3.83. The van der Waals surface area contributed by atoms with Gasteiger partial charge in [0.05, 0.1) is 19.7 Å². The smallest absolute Gasteiger partial charge is 0.161 e. The summed E-state index contributed by atoms with van der Waals surface area (Å²) in [5.74, 6) is 2.09. The zero-order valence-electron chi connectivity index (χ0n) is 16.8. The summed E-state index contributed by atoms with van der Waals surface area (Å²) < 4.78 is 11.1. The lowest BCUT2D eigenvalue weighted by Gasteiger charge is -2.15. The average molecular weight is 392 g/mol. The maximum absolute atomic E-state index is 5.57. The van der Waals surface area contributed by atoms with Crippen LogP contribution in [0.3, 0.4) is 0 Å². The van der Waals surface area contributed by atoms with Crippen molar-refractivity contribution in [2.24, 2.45) is 0 Å². The summed E-state index contributed by atoms with van der Waals surface area (Å²) in [5.41, 5.74) is 4.10. The largest absolute Gasteiger partial charge is 0.493 e. The Hall–Kier alpha value is -3.92. The molecule has 0 fully saturated rings. The fraction of sp³-hybridized carbons (Fsp3) is 0.0769. The van der Waals surface area contributed by atoms with Crippen LogP contribution < -0.4 is 9.47 Å². The van der Waals surface area contributed by atoms with Gasteiger partial charge in [-0.15, -0.1) is 0 Å². The van der Waals surface area contributed by atoms with Crippen LogP contribution >= 0.6 is 0 Å². The van der Waals surface area contributed by atoms with Gasteiger partial charge in [-0.25, -0.2) is 9.97 Å². The van der Waals surface area contributed by atoms with Gasteiger partial charge in [-0.1, -0.05) is 60.7 Å². The van der Waals surface area contributed by atoms with Crippen LogP contribution in [0.25, 0.3) is 44.2 Å². The van der Waals surface area contributed by atoms with Gasteiger partial charge < -0.3 is 9.47 Å². The molecule has 0 aliphatic heterocycles. The van der Waals surface area contributed by atoms with Gasteiger partial charge in [0.2, 0.25) is 0 Å². The van der Waals surface area contributed by atoms with E-state index in [4.69, 9.17) is 14.5 Å². The number of ether oxygens (including phenoxy) is 2. The second kappa shape index (κ2) is 7.48. The Morgan fingerprint density at radius 2 is 1.23 bits per heavy atom. The lowest BCUT2D eigenvalue weighted by molar-refractivity contribution is 0.356. The number of nitrogens with zero attached hydrogens (tertiary/aromatic N) is 2. The van der Waals surface area contributed by atoms with Gasteiger partial charge in [-0.05, 0) is 40.1 Å². The molecule has 146 valence electrons. The minimum absolute atomic E-state index is 0.684. The Labute approximate surface area is 174 Å². The molecular weight excluding hydrogens is 372 g/mol. The summed E-state index contributed by atoms with van der Waals surface area (Å²) in [5, 5.41) is 3.08. The summed E-state index contributed by atoms with van der Waals surface area (Å²) in [6.45, 7) is 0. The fourth-order valence-corrected chi connectivity index (χ4v) is 3.83. The Morgan fingerprint density at radius 1 is 0.633 bits per heavy atom. The van der Waals surface area contributed by atoms with Crippen LogP contribution in [0.1, 0.15) is 0 Å². The maximum atomic E-state index is 5.57. The number of benzene rings is 4. The van der Waals surface area contributed by atoms with E-state index in [0.717, 1.165) is 38.4 Å². The first-order valence-electron chi connectivity index (χ1n) is 9.75. The maximum Gasteiger partial charge on any atom is 0.161 e. The lowest BCUT2D eigenvalue weighted by Crippen LogP contribution is -1.95. The van der Waals surface area contributed by atoms with Gasteiger partial charge in [0.1, 0.15) is 0 Å². The van der Waals surface area contributed by atoms with Crippen molar-refractivity contribution in [3.05, 3.63) is 85.1 Å². The highest BCUT2D eigenvalue weighted by molar-refractivity contribution is 6.13. The van der Waals surface area contributed by atoms with E-state index in [0.29, 0.717) is 17.3 Å². The molecule has 0 N–H and O–H groups in total. The van der Waals surface area contributed by atoms with Crippen molar-refractivity contribution in [1.82, 2.24) is 9.97 Å². The second-order valence-corrected chi connectivity index (χ2v) is 7.04. The first kappa shape index (κ1) is 18.1. The number of methoxy groups -OCH3 is 2. The Kier molecular flexibility index (Phi) is 4.52. The Balaban J connectivity index is 1.86. The van der Waals surface area contributed by atoms with Crippen LogP contribution in [0.2, 0.25) is 0 Å². The predicted molar refractivity (Wildman–Crippen MR) is 121 cm³/mol. The Bertz CT molecular complexity index is 1350. The number of hydrogen-bond donors (Lipinski definition) is 0. The van der Waals surface area contributed by atoms with E-state index in [1.54, 1.807) is 14.2 Å². The molecule has 0 unspecified atom stereocenters. The topological polar surface area (TPSA) is 44.2 Å². The molecule has 4 heteroatoms. The normalized spacial score (nSPS) is 11.0. The van der Waals surface area contributed by atoms with E-state index in [2.05, 4.69) is 23.2 Å². The van der Waals surface area contributed by atoms with E-state index >= 15 is 0 Å². The summed E-state index contributed by atoms with van der Waals surface area (Å²) >= 11 is 0. The molecule has 4 nitrogen and oxygen atoms in total. The van der Waals surface area contributed by atoms with E-state index in [1.165, 1.54) is 0 Å². The van der Waals surface area contributed by atoms with E-state index in [9.17, 15) is 0 Å². The highest BCUT2D eigenvalue weighted by Crippen LogP contribution is 2.40. The summed E-state index contributed by atoms with van der Waals surface area (Å²) in [6, 6.07) is 26.5. The van der Waals surface area contributed by atoms with E-state index in [1.807, 2.05) is 66.9 Å². The van der Waals surface area contributed by atoms with Crippen molar-refractivity contribution in [2.45, 2.75) is 0 Å². The molecule has 0 saturated carbocycles. The van der Waals surface area contributed by atoms with Crippen molar-refractivity contribution in [1.29, 1.82) is 0 Å². The SMILES string of the molecule is COc1cc2c(-c3ccccc3)cc3nc(-c4ccccc4)ncc3c2cc1OC. The molecule has 0 amide bonds. The molecule has 5 rings (SSSR count). The molecule has 0 saturated heterocycles. The molecule has 0 aliphatic carbocycles. The number of fused-ring (bicyclic) bond motifs is 3. The van der Waals surface area contributed by atoms with Crippen LogP contribution in [-0.2, 0) is 0 Å². The van der Waals surface area contributed by atoms with Crippen LogP contribution in [0, 0.1) is 0 Å². The monoisotopic (exact) mass is 392 g/mol. The first-order valence-corrected chi connectivity index (χ1v) is 9.75. The molecule has 0 spiro atoms. The summed E-state index contributed by atoms with van der Waals surface area (Å²) in [4.78, 5) is 9.54. The van der Waals surface area contributed by atoms with E-state index in [-0.39, 0.29) is 0 Å². The molecular formula is C26H20N2O2. The van der Waals surface area contributed by atoms with Gasteiger partial charge in [-0.2, -0.15) is 0 Å². The van der Waals surface area contributed by atoms with E-state index < -0.39 is 0 Å². The third-order valence-corrected chi connectivity index (χ3v) is 5.32. The van der Waals surface area contributed by atoms with Crippen molar-refractivity contribution in [3.8, 4) is 34.0 Å². The third kappa shape index (κ3) is 3.03. The third-order valence-electron chi connectivity index (χ3n) is 5.32. The Morgan fingerprint density at radius 3 is 1.87 bits per heavy atom. The highest BCUT2D eigenvalue weighted by atomic mass is 16.5. The van der Waals surface area contributed by atoms with Crippen molar-refractivity contribution >= 4 is 21.7 Å². The van der Waals surface area contributed by atoms with Crippen LogP contribution in [-0.4, -0.2) is 24.2 Å². The van der Waals surface area contributed by atoms with Crippen molar-refractivity contribution < 1.29 is 9.47 Å². The second-order valence-electron chi connectivity index (χ2n) is 7.04. The molecule has 30 heavy (non-hydrogen) atoms. The predicted octanol–water partition coefficient (Wildman–Crippen LogP) is 6.13. The molecule has 0 aliphatic rings. The van der Waals surface area contributed by atoms with Crippen LogP contribution in [0.15, 0.2) is 85.1 Å². The number of rotatable bonds is 4. The molecule has 1 aromatic heterocycles. The van der Waals surface area contributed by atoms with Crippen LogP contribution in [0.4, 0.5) is 0 Å². The average Bonchev–Trinajstić information content (AvgIpc) is 2.83. The van der Waals surface area contributed by atoms with Gasteiger partial charge in [-0.3, -0.25) is 0 Å². The van der Waals surface area contributed by atoms with Gasteiger partial charge in [0.15, 0.2) is 17.3 Å². The quantitative estimate of drug-likeness (QED) is 0.345. The zero-order chi connectivity index (χ0) is 20.5. The molecule has 0 radical (unpaired) electrons. The molecule has 0 bridgehead atoms. The highest BCUT2D eigenvalue weighted by Gasteiger charge is 2.15. The van der Waals surface area contributed by atoms with Gasteiger partial charge in [0.25, 0.3) is 0 Å². The number of hydrogen-bond acceptors (Lipinski definition) is 4. The van der Waals surface area contributed by atoms with Crippen LogP contribution in [0.5, 0.6) is 11.5 Å². The standard InChI is InChI=1S/C26H20N2O2/c1-29-24-14-20-19(17-9-5-3-6-10-17)13-23-22(21(20)15-25(24)30-2)16-27-26(28-23)18-11-7-4-8-12-18/h3-16H,1-2H3. The van der Waals surface area contributed by atoms with Crippen molar-refractivity contribution in [3.63, 3.8) is 0 Å². The van der Waals surface area contributed by atoms with Gasteiger partial charge in [0, 0.05) is 17.1 Å². The molecule has 0 atom stereocenters. The summed E-state index contributed by atoms with van der Waals surface area (Å²) in [7, 11) is 3.30.